The van der Waals surface area contributed by atoms with Crippen LogP contribution in [-0.4, -0.2) is 18.1 Å². The molecular weight excluding hydrogens is 379 g/mol. The number of alkyl halides is 3. The van der Waals surface area contributed by atoms with Crippen molar-refractivity contribution in [2.45, 2.75) is 6.18 Å². The first-order chi connectivity index (χ1) is 11.8. The normalized spacial score (nSPS) is 11.6. The van der Waals surface area contributed by atoms with E-state index in [9.17, 15) is 18.0 Å². The maximum atomic E-state index is 13.2. The van der Waals surface area contributed by atoms with Gasteiger partial charge in [-0.15, -0.1) is 11.3 Å². The summed E-state index contributed by atoms with van der Waals surface area (Å²) in [6.45, 7) is 0. The second kappa shape index (κ2) is 6.53. The van der Waals surface area contributed by atoms with Crippen molar-refractivity contribution in [3.8, 4) is 11.5 Å². The van der Waals surface area contributed by atoms with E-state index in [2.05, 4.69) is 9.72 Å². The standard InChI is InChI=1S/C16H9ClF3NO3S/c1-23-15(22)14-13-10(7-25-14)11(6-12(21-13)16(18,19)20)24-9-4-2-8(17)3-5-9/h2-7H,1H3. The van der Waals surface area contributed by atoms with Crippen LogP contribution >= 0.6 is 22.9 Å². The Morgan fingerprint density at radius 2 is 1.92 bits per heavy atom. The molecule has 3 aromatic rings. The SMILES string of the molecule is COC(=O)c1scc2c(Oc3ccc(Cl)cc3)cc(C(F)(F)F)nc12. The van der Waals surface area contributed by atoms with Gasteiger partial charge in [0.15, 0.2) is 0 Å². The van der Waals surface area contributed by atoms with Crippen molar-refractivity contribution in [1.82, 2.24) is 4.98 Å². The minimum atomic E-state index is -4.69. The number of hydrogen-bond donors (Lipinski definition) is 0. The molecule has 130 valence electrons. The van der Waals surface area contributed by atoms with Gasteiger partial charge < -0.3 is 9.47 Å². The molecule has 0 unspecified atom stereocenters. The Hall–Kier alpha value is -2.32. The van der Waals surface area contributed by atoms with Crippen LogP contribution in [-0.2, 0) is 10.9 Å². The van der Waals surface area contributed by atoms with Crippen LogP contribution in [0.5, 0.6) is 11.5 Å². The van der Waals surface area contributed by atoms with Gasteiger partial charge in [-0.2, -0.15) is 13.2 Å². The quantitative estimate of drug-likeness (QED) is 0.553. The smallest absolute Gasteiger partial charge is 0.433 e. The largest absolute Gasteiger partial charge is 0.465 e. The predicted molar refractivity (Wildman–Crippen MR) is 87.5 cm³/mol. The number of thiophene rings is 1. The summed E-state index contributed by atoms with van der Waals surface area (Å²) >= 11 is 6.72. The molecule has 0 N–H and O–H groups in total. The molecule has 0 atom stereocenters. The van der Waals surface area contributed by atoms with Crippen molar-refractivity contribution in [2.24, 2.45) is 0 Å². The predicted octanol–water partition coefficient (Wildman–Crippen LogP) is 5.55. The number of ether oxygens (including phenoxy) is 2. The Morgan fingerprint density at radius 3 is 2.52 bits per heavy atom. The lowest BCUT2D eigenvalue weighted by Gasteiger charge is -2.11. The summed E-state index contributed by atoms with van der Waals surface area (Å²) in [4.78, 5) is 15.3. The monoisotopic (exact) mass is 387 g/mol. The number of halogens is 4. The molecule has 0 amide bonds. The van der Waals surface area contributed by atoms with Crippen molar-refractivity contribution in [3.63, 3.8) is 0 Å². The highest BCUT2D eigenvalue weighted by Crippen LogP contribution is 2.39. The van der Waals surface area contributed by atoms with Gasteiger partial charge in [0, 0.05) is 16.5 Å². The topological polar surface area (TPSA) is 48.4 Å². The van der Waals surface area contributed by atoms with Crippen LogP contribution in [0.3, 0.4) is 0 Å². The zero-order chi connectivity index (χ0) is 18.2. The highest BCUT2D eigenvalue weighted by Gasteiger charge is 2.35. The van der Waals surface area contributed by atoms with Crippen molar-refractivity contribution in [1.29, 1.82) is 0 Å². The van der Waals surface area contributed by atoms with Gasteiger partial charge in [-0.1, -0.05) is 11.6 Å². The number of hydrogen-bond acceptors (Lipinski definition) is 5. The number of fused-ring (bicyclic) bond motifs is 1. The van der Waals surface area contributed by atoms with Gasteiger partial charge in [-0.3, -0.25) is 0 Å². The summed E-state index contributed by atoms with van der Waals surface area (Å²) in [5, 5.41) is 2.25. The molecule has 4 nitrogen and oxygen atoms in total. The maximum Gasteiger partial charge on any atom is 0.433 e. The van der Waals surface area contributed by atoms with Crippen LogP contribution < -0.4 is 4.74 Å². The van der Waals surface area contributed by atoms with E-state index in [1.807, 2.05) is 0 Å². The fourth-order valence-corrected chi connectivity index (χ4v) is 3.13. The van der Waals surface area contributed by atoms with Gasteiger partial charge in [0.25, 0.3) is 0 Å². The molecule has 0 spiro atoms. The van der Waals surface area contributed by atoms with Crippen molar-refractivity contribution < 1.29 is 27.4 Å². The minimum Gasteiger partial charge on any atom is -0.465 e. The van der Waals surface area contributed by atoms with Gasteiger partial charge in [0.2, 0.25) is 0 Å². The molecule has 0 saturated heterocycles. The van der Waals surface area contributed by atoms with E-state index in [-0.39, 0.29) is 21.5 Å². The van der Waals surface area contributed by atoms with Crippen LogP contribution in [0.4, 0.5) is 13.2 Å². The third kappa shape index (κ3) is 3.54. The van der Waals surface area contributed by atoms with E-state index in [4.69, 9.17) is 16.3 Å². The van der Waals surface area contributed by atoms with Crippen molar-refractivity contribution >= 4 is 39.8 Å². The first kappa shape index (κ1) is 17.5. The molecule has 0 saturated carbocycles. The Labute approximate surface area is 148 Å². The lowest BCUT2D eigenvalue weighted by atomic mass is 10.2. The van der Waals surface area contributed by atoms with Gasteiger partial charge in [0.1, 0.15) is 27.6 Å². The summed E-state index contributed by atoms with van der Waals surface area (Å²) < 4.78 is 49.6. The Bertz CT molecular complexity index is 938. The molecule has 0 aliphatic rings. The average Bonchev–Trinajstić information content (AvgIpc) is 2.99. The van der Waals surface area contributed by atoms with E-state index in [1.54, 1.807) is 12.1 Å². The van der Waals surface area contributed by atoms with Crippen LogP contribution in [0.25, 0.3) is 10.9 Å². The Kier molecular flexibility index (Phi) is 4.57. The summed E-state index contributed by atoms with van der Waals surface area (Å²) in [6.07, 6.45) is -4.69. The van der Waals surface area contributed by atoms with Crippen LogP contribution in [0, 0.1) is 0 Å². The number of aromatic nitrogens is 1. The molecular formula is C16H9ClF3NO3S. The van der Waals surface area contributed by atoms with E-state index in [0.29, 0.717) is 10.8 Å². The Morgan fingerprint density at radius 1 is 1.24 bits per heavy atom. The second-order valence-electron chi connectivity index (χ2n) is 4.88. The number of pyridine rings is 1. The van der Waals surface area contributed by atoms with Gasteiger partial charge in [-0.25, -0.2) is 9.78 Å². The number of nitrogens with zero attached hydrogens (tertiary/aromatic N) is 1. The fourth-order valence-electron chi connectivity index (χ4n) is 2.09. The number of esters is 1. The van der Waals surface area contributed by atoms with Gasteiger partial charge in [-0.05, 0) is 24.3 Å². The average molecular weight is 388 g/mol. The minimum absolute atomic E-state index is 0.0236. The van der Waals surface area contributed by atoms with Crippen LogP contribution in [0.15, 0.2) is 35.7 Å². The third-order valence-corrected chi connectivity index (χ3v) is 4.43. The second-order valence-corrected chi connectivity index (χ2v) is 6.19. The molecule has 25 heavy (non-hydrogen) atoms. The number of methoxy groups -OCH3 is 1. The molecule has 0 aliphatic carbocycles. The molecule has 9 heteroatoms. The molecule has 0 bridgehead atoms. The number of rotatable bonds is 3. The highest BCUT2D eigenvalue weighted by molar-refractivity contribution is 7.13. The van der Waals surface area contributed by atoms with Crippen LogP contribution in [0.1, 0.15) is 15.4 Å². The number of carbonyl (C=O) groups is 1. The maximum absolute atomic E-state index is 13.2. The third-order valence-electron chi connectivity index (χ3n) is 3.23. The first-order valence-electron chi connectivity index (χ1n) is 6.81. The molecule has 0 fully saturated rings. The lowest BCUT2D eigenvalue weighted by molar-refractivity contribution is -0.141. The number of benzene rings is 1. The summed E-state index contributed by atoms with van der Waals surface area (Å²) in [5.74, 6) is -0.522. The van der Waals surface area contributed by atoms with E-state index >= 15 is 0 Å². The molecule has 0 aliphatic heterocycles. The number of carbonyl (C=O) groups excluding carboxylic acids is 1. The van der Waals surface area contributed by atoms with E-state index in [0.717, 1.165) is 24.5 Å². The zero-order valence-electron chi connectivity index (χ0n) is 12.6. The summed E-state index contributed by atoms with van der Waals surface area (Å²) in [7, 11) is 1.15. The molecule has 1 aromatic carbocycles. The molecule has 2 aromatic heterocycles. The van der Waals surface area contributed by atoms with Gasteiger partial charge >= 0.3 is 12.1 Å². The lowest BCUT2D eigenvalue weighted by Crippen LogP contribution is -2.09. The van der Waals surface area contributed by atoms with Crippen LogP contribution in [0.2, 0.25) is 5.02 Å². The summed E-state index contributed by atoms with van der Waals surface area (Å²) in [5.41, 5.74) is -1.27. The van der Waals surface area contributed by atoms with E-state index in [1.165, 1.54) is 17.5 Å². The molecule has 2 heterocycles. The molecule has 3 rings (SSSR count). The molecule has 0 radical (unpaired) electrons. The van der Waals surface area contributed by atoms with Crippen molar-refractivity contribution in [3.05, 3.63) is 51.3 Å². The van der Waals surface area contributed by atoms with Gasteiger partial charge in [0.05, 0.1) is 12.5 Å². The Balaban J connectivity index is 2.17. The fraction of sp³-hybridized carbons (Fsp3) is 0.125. The zero-order valence-corrected chi connectivity index (χ0v) is 14.1. The summed E-state index contributed by atoms with van der Waals surface area (Å²) in [6, 6.07) is 6.94. The highest BCUT2D eigenvalue weighted by atomic mass is 35.5. The van der Waals surface area contributed by atoms with E-state index < -0.39 is 17.8 Å². The first-order valence-corrected chi connectivity index (χ1v) is 8.06. The van der Waals surface area contributed by atoms with Crippen molar-refractivity contribution in [2.75, 3.05) is 7.11 Å².